The molecule has 1 heterocycles. The van der Waals surface area contributed by atoms with E-state index in [0.717, 1.165) is 34.1 Å². The van der Waals surface area contributed by atoms with Gasteiger partial charge in [0.15, 0.2) is 0 Å². The summed E-state index contributed by atoms with van der Waals surface area (Å²) in [6.07, 6.45) is 1.28. The van der Waals surface area contributed by atoms with Crippen molar-refractivity contribution in [3.05, 3.63) is 58.1 Å². The maximum Gasteiger partial charge on any atom is 0.306 e. The zero-order valence-corrected chi connectivity index (χ0v) is 16.7. The van der Waals surface area contributed by atoms with Crippen LogP contribution >= 0.6 is 0 Å². The van der Waals surface area contributed by atoms with E-state index >= 15 is 0 Å². The number of nitrogens with zero attached hydrogens (tertiary/aromatic N) is 3. The number of rotatable bonds is 6. The lowest BCUT2D eigenvalue weighted by Crippen LogP contribution is -2.13. The van der Waals surface area contributed by atoms with Crippen LogP contribution in [0.4, 0.5) is 0 Å². The van der Waals surface area contributed by atoms with Crippen molar-refractivity contribution in [3.8, 4) is 0 Å². The Hall–Kier alpha value is -2.69. The van der Waals surface area contributed by atoms with Crippen LogP contribution in [0.1, 0.15) is 54.0 Å². The summed E-state index contributed by atoms with van der Waals surface area (Å²) in [5, 5.41) is 8.45. The third-order valence-electron chi connectivity index (χ3n) is 5.29. The number of aryl methyl sites for hydroxylation is 4. The fraction of sp³-hybridized carbons (Fsp3) is 0.409. The number of hydrogen-bond acceptors (Lipinski definition) is 4. The molecule has 27 heavy (non-hydrogen) atoms. The molecule has 0 radical (unpaired) electrons. The Morgan fingerprint density at radius 3 is 2.67 bits per heavy atom. The predicted octanol–water partition coefficient (Wildman–Crippen LogP) is 4.23. The molecule has 1 aromatic heterocycles. The zero-order chi connectivity index (χ0) is 19.6. The van der Waals surface area contributed by atoms with Crippen LogP contribution in [0.2, 0.25) is 0 Å². The average Bonchev–Trinajstić information content (AvgIpc) is 3.03. The second-order valence-corrected chi connectivity index (χ2v) is 6.96. The molecule has 0 aliphatic heterocycles. The first kappa shape index (κ1) is 19.1. The highest BCUT2D eigenvalue weighted by atomic mass is 16.5. The van der Waals surface area contributed by atoms with E-state index in [1.165, 1.54) is 11.1 Å². The van der Waals surface area contributed by atoms with Gasteiger partial charge in [-0.15, -0.1) is 5.10 Å². The molecule has 3 rings (SSSR count). The number of carbonyl (C=O) groups excluding carboxylic acids is 1. The van der Waals surface area contributed by atoms with Gasteiger partial charge in [0.2, 0.25) is 0 Å². The molecular weight excluding hydrogens is 338 g/mol. The van der Waals surface area contributed by atoms with Gasteiger partial charge < -0.3 is 4.74 Å². The topological polar surface area (TPSA) is 57.0 Å². The van der Waals surface area contributed by atoms with E-state index in [-0.39, 0.29) is 11.9 Å². The van der Waals surface area contributed by atoms with Crippen molar-refractivity contribution in [1.82, 2.24) is 15.0 Å². The number of fused-ring (bicyclic) bond motifs is 1. The van der Waals surface area contributed by atoms with Gasteiger partial charge in [-0.25, -0.2) is 4.68 Å². The number of benzene rings is 2. The lowest BCUT2D eigenvalue weighted by molar-refractivity contribution is -0.143. The van der Waals surface area contributed by atoms with Gasteiger partial charge in [-0.1, -0.05) is 36.4 Å². The molecule has 0 unspecified atom stereocenters. The zero-order valence-electron chi connectivity index (χ0n) is 16.7. The molecule has 0 fully saturated rings. The summed E-state index contributed by atoms with van der Waals surface area (Å²) < 4.78 is 7.03. The number of aromatic nitrogens is 3. The Morgan fingerprint density at radius 1 is 1.19 bits per heavy atom. The summed E-state index contributed by atoms with van der Waals surface area (Å²) in [5.74, 6) is -0.249. The molecule has 0 aliphatic rings. The van der Waals surface area contributed by atoms with Crippen molar-refractivity contribution in [2.24, 2.45) is 7.05 Å². The van der Waals surface area contributed by atoms with Crippen molar-refractivity contribution in [3.63, 3.8) is 0 Å². The fourth-order valence-electron chi connectivity index (χ4n) is 3.71. The van der Waals surface area contributed by atoms with Gasteiger partial charge in [-0.3, -0.25) is 4.79 Å². The van der Waals surface area contributed by atoms with Crippen molar-refractivity contribution >= 4 is 17.0 Å². The largest absolute Gasteiger partial charge is 0.466 e. The lowest BCUT2D eigenvalue weighted by atomic mass is 9.84. The van der Waals surface area contributed by atoms with Gasteiger partial charge in [0.1, 0.15) is 5.52 Å². The first-order chi connectivity index (χ1) is 13.0. The van der Waals surface area contributed by atoms with E-state index in [1.54, 1.807) is 4.68 Å². The van der Waals surface area contributed by atoms with E-state index in [0.29, 0.717) is 13.0 Å². The number of ether oxygens (including phenoxy) is 1. The maximum absolute atomic E-state index is 12.3. The van der Waals surface area contributed by atoms with Crippen LogP contribution in [0.5, 0.6) is 0 Å². The monoisotopic (exact) mass is 365 g/mol. The second-order valence-electron chi connectivity index (χ2n) is 6.96. The molecule has 1 atom stereocenters. The highest BCUT2D eigenvalue weighted by Gasteiger charge is 2.23. The van der Waals surface area contributed by atoms with Gasteiger partial charge in [-0.05, 0) is 61.1 Å². The molecule has 0 spiro atoms. The molecule has 0 bridgehead atoms. The average molecular weight is 365 g/mol. The summed E-state index contributed by atoms with van der Waals surface area (Å²) in [4.78, 5) is 12.3. The molecule has 0 aliphatic carbocycles. The van der Waals surface area contributed by atoms with Gasteiger partial charge in [0, 0.05) is 13.0 Å². The molecule has 142 valence electrons. The summed E-state index contributed by atoms with van der Waals surface area (Å²) in [6, 6.07) is 10.6. The quantitative estimate of drug-likeness (QED) is 0.613. The Balaban J connectivity index is 2.12. The molecule has 5 heteroatoms. The van der Waals surface area contributed by atoms with Crippen LogP contribution in [-0.2, 0) is 23.0 Å². The first-order valence-corrected chi connectivity index (χ1v) is 9.50. The van der Waals surface area contributed by atoms with E-state index in [9.17, 15) is 4.79 Å². The van der Waals surface area contributed by atoms with Crippen LogP contribution < -0.4 is 0 Å². The normalized spacial score (nSPS) is 12.3. The van der Waals surface area contributed by atoms with Gasteiger partial charge in [0.05, 0.1) is 18.5 Å². The summed E-state index contributed by atoms with van der Waals surface area (Å²) in [5.41, 5.74) is 7.75. The summed E-state index contributed by atoms with van der Waals surface area (Å²) in [6.45, 7) is 8.56. The van der Waals surface area contributed by atoms with Crippen LogP contribution in [-0.4, -0.2) is 27.6 Å². The van der Waals surface area contributed by atoms with Crippen molar-refractivity contribution < 1.29 is 9.53 Å². The lowest BCUT2D eigenvalue weighted by Gasteiger charge is -2.21. The predicted molar refractivity (Wildman–Crippen MR) is 107 cm³/mol. The SMILES string of the molecule is CCOC(=O)C[C@H](c1ccc(C)c(CC)c1)c1ccc2c(nnn2C)c1C. The van der Waals surface area contributed by atoms with Crippen LogP contribution in [0, 0.1) is 13.8 Å². The highest BCUT2D eigenvalue weighted by molar-refractivity contribution is 5.80. The molecule has 0 N–H and O–H groups in total. The third-order valence-corrected chi connectivity index (χ3v) is 5.29. The van der Waals surface area contributed by atoms with Crippen molar-refractivity contribution in [2.45, 2.75) is 46.5 Å². The molecule has 0 saturated carbocycles. The first-order valence-electron chi connectivity index (χ1n) is 9.50. The Kier molecular flexibility index (Phi) is 5.59. The minimum Gasteiger partial charge on any atom is -0.466 e. The minimum absolute atomic E-state index is 0.0682. The molecule has 3 aromatic rings. The number of carbonyl (C=O) groups is 1. The van der Waals surface area contributed by atoms with Crippen LogP contribution in [0.15, 0.2) is 30.3 Å². The fourth-order valence-corrected chi connectivity index (χ4v) is 3.71. The summed E-state index contributed by atoms with van der Waals surface area (Å²) in [7, 11) is 1.89. The van der Waals surface area contributed by atoms with Gasteiger partial charge in [-0.2, -0.15) is 0 Å². The smallest absolute Gasteiger partial charge is 0.306 e. The maximum atomic E-state index is 12.3. The van der Waals surface area contributed by atoms with E-state index in [2.05, 4.69) is 55.3 Å². The van der Waals surface area contributed by atoms with Crippen molar-refractivity contribution in [1.29, 1.82) is 0 Å². The van der Waals surface area contributed by atoms with Crippen LogP contribution in [0.25, 0.3) is 11.0 Å². The summed E-state index contributed by atoms with van der Waals surface area (Å²) >= 11 is 0. The van der Waals surface area contributed by atoms with Crippen LogP contribution in [0.3, 0.4) is 0 Å². The van der Waals surface area contributed by atoms with Crippen molar-refractivity contribution in [2.75, 3.05) is 6.61 Å². The number of hydrogen-bond donors (Lipinski definition) is 0. The second kappa shape index (κ2) is 7.91. The molecular formula is C22H27N3O2. The van der Waals surface area contributed by atoms with E-state index in [4.69, 9.17) is 4.74 Å². The Bertz CT molecular complexity index is 975. The van der Waals surface area contributed by atoms with Gasteiger partial charge in [0.25, 0.3) is 0 Å². The van der Waals surface area contributed by atoms with E-state index < -0.39 is 0 Å². The molecule has 0 amide bonds. The molecule has 2 aromatic carbocycles. The third kappa shape index (κ3) is 3.72. The highest BCUT2D eigenvalue weighted by Crippen LogP contribution is 2.34. The van der Waals surface area contributed by atoms with Gasteiger partial charge >= 0.3 is 5.97 Å². The molecule has 0 saturated heterocycles. The Labute approximate surface area is 160 Å². The molecule has 5 nitrogen and oxygen atoms in total. The van der Waals surface area contributed by atoms with E-state index in [1.807, 2.05) is 20.0 Å². The standard InChI is InChI=1S/C22H27N3O2/c1-6-16-12-17(9-8-14(16)3)19(13-21(26)27-7-2)18-10-11-20-22(15(18)4)23-24-25(20)5/h8-12,19H,6-7,13H2,1-5H3/t19-/m1/s1. The minimum atomic E-state index is -0.181. The Morgan fingerprint density at radius 2 is 1.96 bits per heavy atom. The number of esters is 1.